The zero-order valence-corrected chi connectivity index (χ0v) is 34.0. The fourth-order valence-electron chi connectivity index (χ4n) is 8.51. The van der Waals surface area contributed by atoms with E-state index in [1.54, 1.807) is 11.3 Å². The lowest BCUT2D eigenvalue weighted by molar-refractivity contribution is 1.16. The second kappa shape index (κ2) is 14.9. The van der Waals surface area contributed by atoms with Crippen LogP contribution in [0, 0.1) is 0 Å². The number of hydrogen-bond donors (Lipinski definition) is 0. The maximum atomic E-state index is 5.26. The summed E-state index contributed by atoms with van der Waals surface area (Å²) in [5, 5.41) is 3.49. The quantitative estimate of drug-likeness (QED) is 0.160. The van der Waals surface area contributed by atoms with Crippen LogP contribution in [-0.4, -0.2) is 29.5 Å². The first-order valence-corrected chi connectivity index (χ1v) is 21.4. The summed E-state index contributed by atoms with van der Waals surface area (Å²) in [6.45, 7) is 0. The Morgan fingerprint density at radius 3 is 1.63 bits per heavy atom. The van der Waals surface area contributed by atoms with Gasteiger partial charge in [-0.2, -0.15) is 0 Å². The van der Waals surface area contributed by atoms with Crippen LogP contribution in [0.1, 0.15) is 0 Å². The van der Waals surface area contributed by atoms with Crippen LogP contribution in [0.25, 0.3) is 116 Å². The van der Waals surface area contributed by atoms with Crippen LogP contribution < -0.4 is 0 Å². The molecule has 0 unspecified atom stereocenters. The van der Waals surface area contributed by atoms with Crippen molar-refractivity contribution in [3.05, 3.63) is 206 Å². The Balaban J connectivity index is 0.963. The average Bonchev–Trinajstić information content (AvgIpc) is 3.90. The predicted molar refractivity (Wildman–Crippen MR) is 255 cm³/mol. The van der Waals surface area contributed by atoms with Crippen molar-refractivity contribution in [3.8, 4) is 73.4 Å². The van der Waals surface area contributed by atoms with E-state index in [-0.39, 0.29) is 0 Å². The minimum atomic E-state index is 0.669. The van der Waals surface area contributed by atoms with E-state index in [2.05, 4.69) is 174 Å². The molecule has 290 valence electrons. The largest absolute Gasteiger partial charge is 0.309 e. The first kappa shape index (κ1) is 35.8. The van der Waals surface area contributed by atoms with E-state index in [0.717, 1.165) is 76.6 Å². The van der Waals surface area contributed by atoms with Crippen molar-refractivity contribution in [1.82, 2.24) is 29.5 Å². The summed E-state index contributed by atoms with van der Waals surface area (Å²) in [4.78, 5) is 26.4. The summed E-state index contributed by atoms with van der Waals surface area (Å²) < 4.78 is 3.35. The summed E-state index contributed by atoms with van der Waals surface area (Å²) >= 11 is 1.63. The Kier molecular flexibility index (Phi) is 8.57. The molecule has 0 saturated heterocycles. The predicted octanol–water partition coefficient (Wildman–Crippen LogP) is 14.1. The molecule has 7 aromatic carbocycles. The molecule has 5 aromatic heterocycles. The highest BCUT2D eigenvalue weighted by molar-refractivity contribution is 7.25. The zero-order valence-electron chi connectivity index (χ0n) is 33.2. The van der Waals surface area contributed by atoms with E-state index in [1.807, 2.05) is 36.5 Å². The molecule has 0 amide bonds. The molecule has 0 aliphatic carbocycles. The van der Waals surface area contributed by atoms with Crippen LogP contribution in [0.2, 0.25) is 0 Å². The fraction of sp³-hybridized carbons (Fsp3) is 0. The van der Waals surface area contributed by atoms with Gasteiger partial charge in [0.25, 0.3) is 0 Å². The van der Waals surface area contributed by atoms with Gasteiger partial charge in [0.1, 0.15) is 4.83 Å². The average molecular weight is 811 g/mol. The van der Waals surface area contributed by atoms with Crippen molar-refractivity contribution in [2.45, 2.75) is 0 Å². The van der Waals surface area contributed by atoms with Crippen LogP contribution in [0.3, 0.4) is 0 Å². The smallest absolute Gasteiger partial charge is 0.160 e. The first-order valence-electron chi connectivity index (χ1n) is 20.6. The first-order chi connectivity index (χ1) is 30.7. The van der Waals surface area contributed by atoms with Crippen molar-refractivity contribution in [2.75, 3.05) is 0 Å². The van der Waals surface area contributed by atoms with Crippen LogP contribution in [0.5, 0.6) is 0 Å². The number of thiophene rings is 1. The molecule has 0 N–H and O–H groups in total. The van der Waals surface area contributed by atoms with Gasteiger partial charge in [-0.1, -0.05) is 158 Å². The number of para-hydroxylation sites is 2. The number of fused-ring (bicyclic) bond motifs is 6. The Hall–Kier alpha value is -8.13. The Morgan fingerprint density at radius 2 is 0.903 bits per heavy atom. The van der Waals surface area contributed by atoms with Gasteiger partial charge < -0.3 is 4.57 Å². The number of hydrogen-bond acceptors (Lipinski definition) is 6. The molecule has 0 aliphatic rings. The highest BCUT2D eigenvalue weighted by atomic mass is 32.1. The van der Waals surface area contributed by atoms with Gasteiger partial charge in [-0.05, 0) is 53.6 Å². The minimum absolute atomic E-state index is 0.669. The van der Waals surface area contributed by atoms with Crippen molar-refractivity contribution < 1.29 is 0 Å². The van der Waals surface area contributed by atoms with Crippen molar-refractivity contribution >= 4 is 53.6 Å². The van der Waals surface area contributed by atoms with Crippen LogP contribution >= 0.6 is 11.3 Å². The second-order valence-electron chi connectivity index (χ2n) is 15.3. The zero-order chi connectivity index (χ0) is 41.0. The van der Waals surface area contributed by atoms with Gasteiger partial charge in [0.05, 0.1) is 38.3 Å². The molecule has 0 spiro atoms. The third-order valence-corrected chi connectivity index (χ3v) is 12.6. The lowest BCUT2D eigenvalue weighted by atomic mass is 10.0. The molecule has 5 heterocycles. The van der Waals surface area contributed by atoms with E-state index in [0.29, 0.717) is 11.6 Å². The van der Waals surface area contributed by atoms with Gasteiger partial charge in [0.2, 0.25) is 0 Å². The van der Waals surface area contributed by atoms with E-state index in [4.69, 9.17) is 24.9 Å². The van der Waals surface area contributed by atoms with Crippen LogP contribution in [0.15, 0.2) is 206 Å². The van der Waals surface area contributed by atoms with Crippen LogP contribution in [0.4, 0.5) is 0 Å². The van der Waals surface area contributed by atoms with Crippen molar-refractivity contribution in [1.29, 1.82) is 0 Å². The molecule has 7 heteroatoms. The minimum Gasteiger partial charge on any atom is -0.309 e. The summed E-state index contributed by atoms with van der Waals surface area (Å²) in [6.07, 6.45) is 1.84. The molecular formula is C55H34N6S. The number of rotatable bonds is 7. The third-order valence-electron chi connectivity index (χ3n) is 11.5. The summed E-state index contributed by atoms with van der Waals surface area (Å²) in [7, 11) is 0. The third kappa shape index (κ3) is 6.22. The van der Waals surface area contributed by atoms with Crippen molar-refractivity contribution in [2.24, 2.45) is 0 Å². The number of benzene rings is 7. The topological polar surface area (TPSA) is 69.4 Å². The monoisotopic (exact) mass is 810 g/mol. The SMILES string of the molecule is c1ccc(-c2ccc(-c3nc(-c4ccc(-c5cc(-c6cccc(-n7c8ccccc8c8ccccc87)c6)nc(-c6ccccc6)n5)cc4)c4sc5ncccc5c4n3)cc2)cc1. The molecule has 0 atom stereocenters. The number of pyridine rings is 1. The van der Waals surface area contributed by atoms with Gasteiger partial charge in [-0.25, -0.2) is 24.9 Å². The van der Waals surface area contributed by atoms with Gasteiger partial charge in [0.15, 0.2) is 11.6 Å². The van der Waals surface area contributed by atoms with E-state index < -0.39 is 0 Å². The Bertz CT molecular complexity index is 3560. The molecule has 12 rings (SSSR count). The maximum Gasteiger partial charge on any atom is 0.160 e. The molecule has 0 radical (unpaired) electrons. The van der Waals surface area contributed by atoms with E-state index in [9.17, 15) is 0 Å². The molecule has 0 fully saturated rings. The van der Waals surface area contributed by atoms with Gasteiger partial charge in [-0.15, -0.1) is 11.3 Å². The van der Waals surface area contributed by atoms with Crippen LogP contribution in [-0.2, 0) is 0 Å². The lowest BCUT2D eigenvalue weighted by Crippen LogP contribution is -1.98. The highest BCUT2D eigenvalue weighted by Crippen LogP contribution is 2.40. The summed E-state index contributed by atoms with van der Waals surface area (Å²) in [6, 6.07) is 69.7. The molecule has 0 saturated carbocycles. The Labute approximate surface area is 361 Å². The normalized spacial score (nSPS) is 11.5. The number of nitrogens with zero attached hydrogens (tertiary/aromatic N) is 6. The summed E-state index contributed by atoms with van der Waals surface area (Å²) in [5.41, 5.74) is 14.1. The Morgan fingerprint density at radius 1 is 0.371 bits per heavy atom. The molecular weight excluding hydrogens is 777 g/mol. The highest BCUT2D eigenvalue weighted by Gasteiger charge is 2.19. The molecule has 6 nitrogen and oxygen atoms in total. The summed E-state index contributed by atoms with van der Waals surface area (Å²) in [5.74, 6) is 1.35. The fourth-order valence-corrected chi connectivity index (χ4v) is 9.60. The molecule has 0 aliphatic heterocycles. The molecule has 0 bridgehead atoms. The number of aromatic nitrogens is 6. The van der Waals surface area contributed by atoms with E-state index >= 15 is 0 Å². The van der Waals surface area contributed by atoms with Gasteiger partial charge in [0, 0.05) is 55.9 Å². The second-order valence-corrected chi connectivity index (χ2v) is 16.3. The van der Waals surface area contributed by atoms with E-state index in [1.165, 1.54) is 27.4 Å². The molecule has 62 heavy (non-hydrogen) atoms. The van der Waals surface area contributed by atoms with Gasteiger partial charge >= 0.3 is 0 Å². The van der Waals surface area contributed by atoms with Crippen molar-refractivity contribution in [3.63, 3.8) is 0 Å². The van der Waals surface area contributed by atoms with Gasteiger partial charge in [-0.3, -0.25) is 0 Å². The standard InChI is InChI=1S/C55H34N6S/c1-3-13-35(14-4-1)36-24-30-40(31-25-36)54-59-50(52-51(60-54)45-21-12-32-56-55(45)62-52)38-28-26-37(27-29-38)46-34-47(58-53(57-46)39-15-5-2-6-16-39)41-17-11-18-42(33-41)61-48-22-9-7-19-43(48)44-20-8-10-23-49(44)61/h1-34H. The maximum absolute atomic E-state index is 5.26. The molecule has 12 aromatic rings. The lowest BCUT2D eigenvalue weighted by Gasteiger charge is -2.12.